The summed E-state index contributed by atoms with van der Waals surface area (Å²) in [5.74, 6) is -0.0646. The number of ketones is 1. The second kappa shape index (κ2) is 3.93. The lowest BCUT2D eigenvalue weighted by Crippen LogP contribution is -2.02. The van der Waals surface area contributed by atoms with E-state index in [-0.39, 0.29) is 5.78 Å². The highest BCUT2D eigenvalue weighted by molar-refractivity contribution is 6.09. The molecule has 0 spiro atoms. The standard InChI is InChI=1S/C13H11FO2/c1-8-5-10(7-11(14)6-8)13(15)12-3-4-16-9(12)2/h3-7H,1-2H3. The molecule has 1 heterocycles. The number of carbonyl (C=O) groups is 1. The average molecular weight is 218 g/mol. The molecule has 2 rings (SSSR count). The fourth-order valence-corrected chi connectivity index (χ4v) is 1.64. The van der Waals surface area contributed by atoms with Crippen LogP contribution in [0.1, 0.15) is 27.2 Å². The van der Waals surface area contributed by atoms with Crippen LogP contribution in [0.3, 0.4) is 0 Å². The molecule has 0 amide bonds. The van der Waals surface area contributed by atoms with Crippen molar-refractivity contribution < 1.29 is 13.6 Å². The molecule has 0 fully saturated rings. The Balaban J connectivity index is 2.45. The lowest BCUT2D eigenvalue weighted by Gasteiger charge is -2.01. The predicted octanol–water partition coefficient (Wildman–Crippen LogP) is 3.27. The number of hydrogen-bond donors (Lipinski definition) is 0. The smallest absolute Gasteiger partial charge is 0.196 e. The van der Waals surface area contributed by atoms with Crippen molar-refractivity contribution in [2.75, 3.05) is 0 Å². The molecule has 0 aliphatic carbocycles. The molecule has 0 aliphatic heterocycles. The van der Waals surface area contributed by atoms with Gasteiger partial charge in [-0.15, -0.1) is 0 Å². The summed E-state index contributed by atoms with van der Waals surface area (Å²) in [6, 6.07) is 5.89. The van der Waals surface area contributed by atoms with Crippen LogP contribution < -0.4 is 0 Å². The van der Waals surface area contributed by atoms with Gasteiger partial charge in [0.25, 0.3) is 0 Å². The lowest BCUT2D eigenvalue weighted by atomic mass is 10.0. The van der Waals surface area contributed by atoms with Crippen molar-refractivity contribution in [2.24, 2.45) is 0 Å². The number of aryl methyl sites for hydroxylation is 2. The third-order valence-corrected chi connectivity index (χ3v) is 2.41. The molecule has 0 aliphatic rings. The Morgan fingerprint density at radius 3 is 2.56 bits per heavy atom. The Kier molecular flexibility index (Phi) is 2.60. The number of hydrogen-bond acceptors (Lipinski definition) is 2. The summed E-state index contributed by atoms with van der Waals surface area (Å²) in [5.41, 5.74) is 1.55. The monoisotopic (exact) mass is 218 g/mol. The first kappa shape index (κ1) is 10.6. The van der Waals surface area contributed by atoms with Gasteiger partial charge in [0, 0.05) is 5.56 Å². The molecule has 0 unspecified atom stereocenters. The molecule has 0 bridgehead atoms. The summed E-state index contributed by atoms with van der Waals surface area (Å²) < 4.78 is 18.2. The predicted molar refractivity (Wildman–Crippen MR) is 58.0 cm³/mol. The zero-order valence-corrected chi connectivity index (χ0v) is 9.08. The molecular weight excluding hydrogens is 207 g/mol. The van der Waals surface area contributed by atoms with E-state index in [1.807, 2.05) is 0 Å². The topological polar surface area (TPSA) is 30.2 Å². The van der Waals surface area contributed by atoms with Crippen LogP contribution in [0.2, 0.25) is 0 Å². The number of benzene rings is 1. The summed E-state index contributed by atoms with van der Waals surface area (Å²) in [4.78, 5) is 12.0. The molecule has 0 saturated carbocycles. The van der Waals surface area contributed by atoms with Gasteiger partial charge < -0.3 is 4.42 Å². The van der Waals surface area contributed by atoms with Crippen LogP contribution in [0, 0.1) is 19.7 Å². The molecule has 3 heteroatoms. The maximum atomic E-state index is 13.2. The molecule has 2 aromatic rings. The molecule has 82 valence electrons. The third kappa shape index (κ3) is 1.89. The van der Waals surface area contributed by atoms with Crippen LogP contribution in [0.25, 0.3) is 0 Å². The van der Waals surface area contributed by atoms with Crippen molar-refractivity contribution in [3.05, 3.63) is 58.8 Å². The number of rotatable bonds is 2. The first-order chi connectivity index (χ1) is 7.58. The number of carbonyl (C=O) groups excluding carboxylic acids is 1. The van der Waals surface area contributed by atoms with E-state index < -0.39 is 5.82 Å². The molecule has 0 radical (unpaired) electrons. The van der Waals surface area contributed by atoms with Gasteiger partial charge in [0.05, 0.1) is 11.8 Å². The number of halogens is 1. The van der Waals surface area contributed by atoms with E-state index in [1.165, 1.54) is 18.4 Å². The quantitative estimate of drug-likeness (QED) is 0.724. The highest BCUT2D eigenvalue weighted by Crippen LogP contribution is 2.17. The fourth-order valence-electron chi connectivity index (χ4n) is 1.64. The highest BCUT2D eigenvalue weighted by atomic mass is 19.1. The van der Waals surface area contributed by atoms with Crippen LogP contribution in [0.15, 0.2) is 34.9 Å². The van der Waals surface area contributed by atoms with E-state index in [0.29, 0.717) is 16.9 Å². The normalized spacial score (nSPS) is 10.4. The van der Waals surface area contributed by atoms with Crippen LogP contribution >= 0.6 is 0 Å². The Bertz CT molecular complexity index is 520. The van der Waals surface area contributed by atoms with Crippen LogP contribution in [0.5, 0.6) is 0 Å². The third-order valence-electron chi connectivity index (χ3n) is 2.41. The van der Waals surface area contributed by atoms with Crippen LogP contribution in [0.4, 0.5) is 4.39 Å². The van der Waals surface area contributed by atoms with Gasteiger partial charge in [-0.2, -0.15) is 0 Å². The van der Waals surface area contributed by atoms with E-state index in [4.69, 9.17) is 4.42 Å². The minimum atomic E-state index is -0.399. The first-order valence-electron chi connectivity index (χ1n) is 4.94. The summed E-state index contributed by atoms with van der Waals surface area (Å²) in [7, 11) is 0. The van der Waals surface area contributed by atoms with Crippen molar-refractivity contribution in [2.45, 2.75) is 13.8 Å². The molecule has 16 heavy (non-hydrogen) atoms. The summed E-state index contributed by atoms with van der Waals surface area (Å²) in [6.07, 6.45) is 1.45. The zero-order chi connectivity index (χ0) is 11.7. The van der Waals surface area contributed by atoms with Gasteiger partial charge in [0.2, 0.25) is 0 Å². The first-order valence-corrected chi connectivity index (χ1v) is 4.94. The van der Waals surface area contributed by atoms with E-state index >= 15 is 0 Å². The van der Waals surface area contributed by atoms with E-state index in [2.05, 4.69) is 0 Å². The second-order valence-corrected chi connectivity index (χ2v) is 3.74. The maximum Gasteiger partial charge on any atom is 0.196 e. The van der Waals surface area contributed by atoms with Gasteiger partial charge in [0.1, 0.15) is 11.6 Å². The minimum Gasteiger partial charge on any atom is -0.469 e. The highest BCUT2D eigenvalue weighted by Gasteiger charge is 2.14. The van der Waals surface area contributed by atoms with Gasteiger partial charge in [-0.1, -0.05) is 0 Å². The van der Waals surface area contributed by atoms with Gasteiger partial charge in [0.15, 0.2) is 5.78 Å². The number of furan rings is 1. The Morgan fingerprint density at radius 2 is 2.00 bits per heavy atom. The minimum absolute atomic E-state index is 0.214. The van der Waals surface area contributed by atoms with Crippen molar-refractivity contribution >= 4 is 5.78 Å². The Labute approximate surface area is 92.7 Å². The van der Waals surface area contributed by atoms with Crippen molar-refractivity contribution in [3.8, 4) is 0 Å². The zero-order valence-electron chi connectivity index (χ0n) is 9.08. The Hall–Kier alpha value is -1.90. The summed E-state index contributed by atoms with van der Waals surface area (Å²) in [5, 5.41) is 0. The second-order valence-electron chi connectivity index (χ2n) is 3.74. The molecular formula is C13H11FO2. The van der Waals surface area contributed by atoms with Gasteiger partial charge in [-0.25, -0.2) is 4.39 Å². The van der Waals surface area contributed by atoms with E-state index in [1.54, 1.807) is 26.0 Å². The summed E-state index contributed by atoms with van der Waals surface area (Å²) >= 11 is 0. The van der Waals surface area contributed by atoms with E-state index in [0.717, 1.165) is 5.56 Å². The van der Waals surface area contributed by atoms with Crippen molar-refractivity contribution in [1.82, 2.24) is 0 Å². The van der Waals surface area contributed by atoms with Gasteiger partial charge in [-0.3, -0.25) is 4.79 Å². The van der Waals surface area contributed by atoms with Crippen LogP contribution in [-0.4, -0.2) is 5.78 Å². The average Bonchev–Trinajstić information content (AvgIpc) is 2.62. The van der Waals surface area contributed by atoms with Gasteiger partial charge in [-0.05, 0) is 43.7 Å². The van der Waals surface area contributed by atoms with Crippen molar-refractivity contribution in [1.29, 1.82) is 0 Å². The molecule has 1 aromatic carbocycles. The molecule has 0 N–H and O–H groups in total. The maximum absolute atomic E-state index is 13.2. The van der Waals surface area contributed by atoms with E-state index in [9.17, 15) is 9.18 Å². The van der Waals surface area contributed by atoms with Gasteiger partial charge >= 0.3 is 0 Å². The SMILES string of the molecule is Cc1cc(F)cc(C(=O)c2ccoc2C)c1. The molecule has 1 aromatic heterocycles. The largest absolute Gasteiger partial charge is 0.469 e. The fraction of sp³-hybridized carbons (Fsp3) is 0.154. The van der Waals surface area contributed by atoms with Crippen molar-refractivity contribution in [3.63, 3.8) is 0 Å². The van der Waals surface area contributed by atoms with Crippen LogP contribution in [-0.2, 0) is 0 Å². The molecule has 0 saturated heterocycles. The Morgan fingerprint density at radius 1 is 1.25 bits per heavy atom. The molecule has 0 atom stereocenters. The lowest BCUT2D eigenvalue weighted by molar-refractivity contribution is 0.103. The molecule has 2 nitrogen and oxygen atoms in total. The summed E-state index contributed by atoms with van der Waals surface area (Å²) in [6.45, 7) is 3.46.